The Bertz CT molecular complexity index is 705. The molecular weight excluding hydrogens is 369 g/mol. The summed E-state index contributed by atoms with van der Waals surface area (Å²) in [5.41, 5.74) is -0.254. The molecule has 3 aliphatic rings. The molecule has 0 aromatic carbocycles. The maximum atomic E-state index is 13.2. The first-order valence-corrected chi connectivity index (χ1v) is 10.1. The number of alkyl halides is 3. The highest BCUT2D eigenvalue weighted by atomic mass is 19.4. The van der Waals surface area contributed by atoms with E-state index in [2.05, 4.69) is 21.8 Å². The predicted molar refractivity (Wildman–Crippen MR) is 101 cm³/mol. The fourth-order valence-electron chi connectivity index (χ4n) is 5.12. The van der Waals surface area contributed by atoms with Crippen LogP contribution >= 0.6 is 0 Å². The maximum absolute atomic E-state index is 13.2. The number of aromatic nitrogens is 1. The Morgan fingerprint density at radius 1 is 1.04 bits per heavy atom. The summed E-state index contributed by atoms with van der Waals surface area (Å²) < 4.78 is 39.5. The summed E-state index contributed by atoms with van der Waals surface area (Å²) in [4.78, 5) is 11.1. The lowest BCUT2D eigenvalue weighted by molar-refractivity contribution is -0.137. The van der Waals surface area contributed by atoms with Crippen molar-refractivity contribution in [1.82, 2.24) is 14.8 Å². The second-order valence-electron chi connectivity index (χ2n) is 8.72. The molecular formula is C20H29F3N4O. The summed E-state index contributed by atoms with van der Waals surface area (Å²) in [6, 6.07) is 2.42. The molecule has 4 atom stereocenters. The average molecular weight is 398 g/mol. The van der Waals surface area contributed by atoms with Crippen molar-refractivity contribution in [3.8, 4) is 0 Å². The summed E-state index contributed by atoms with van der Waals surface area (Å²) in [7, 11) is 2.11. The molecule has 1 N–H and O–H groups in total. The van der Waals surface area contributed by atoms with Crippen LogP contribution in [0.3, 0.4) is 0 Å². The van der Waals surface area contributed by atoms with E-state index < -0.39 is 11.7 Å². The molecule has 2 aliphatic heterocycles. The van der Waals surface area contributed by atoms with Crippen LogP contribution in [0.25, 0.3) is 0 Å². The van der Waals surface area contributed by atoms with E-state index in [0.717, 1.165) is 51.6 Å². The monoisotopic (exact) mass is 398 g/mol. The van der Waals surface area contributed by atoms with Crippen LogP contribution in [0.2, 0.25) is 0 Å². The summed E-state index contributed by atoms with van der Waals surface area (Å²) in [5, 5.41) is 10.7. The van der Waals surface area contributed by atoms with Crippen molar-refractivity contribution in [3.63, 3.8) is 0 Å². The number of hydrogen-bond donors (Lipinski definition) is 1. The first kappa shape index (κ1) is 19.9. The highest BCUT2D eigenvalue weighted by Crippen LogP contribution is 2.40. The van der Waals surface area contributed by atoms with Crippen LogP contribution in [0, 0.1) is 18.8 Å². The largest absolute Gasteiger partial charge is 0.416 e. The van der Waals surface area contributed by atoms with E-state index in [9.17, 15) is 18.3 Å². The molecule has 3 fully saturated rings. The molecule has 0 radical (unpaired) electrons. The van der Waals surface area contributed by atoms with Gasteiger partial charge in [-0.05, 0) is 50.8 Å². The molecule has 0 unspecified atom stereocenters. The zero-order chi connectivity index (χ0) is 20.1. The van der Waals surface area contributed by atoms with Gasteiger partial charge < -0.3 is 14.9 Å². The van der Waals surface area contributed by atoms with Gasteiger partial charge in [-0.2, -0.15) is 13.2 Å². The molecule has 3 heterocycles. The van der Waals surface area contributed by atoms with Gasteiger partial charge in [-0.1, -0.05) is 0 Å². The van der Waals surface area contributed by atoms with Crippen LogP contribution < -0.4 is 4.90 Å². The van der Waals surface area contributed by atoms with E-state index >= 15 is 0 Å². The fraction of sp³-hybridized carbons (Fsp3) is 0.750. The standard InChI is InChI=1S/C20H29F3N4O/c1-13-7-16(20(21,22)23)10-19(24-13)27-11-14-8-17(18(28)9-15(14)12-27)26-5-3-25(2)4-6-26/h7,10,14-15,17-18,28H,3-6,8-9,11-12H2,1-2H3/t14-,15+,17-,18-/m1/s1. The van der Waals surface area contributed by atoms with Gasteiger partial charge >= 0.3 is 6.18 Å². The topological polar surface area (TPSA) is 42.8 Å². The van der Waals surface area contributed by atoms with Crippen LogP contribution in [0.4, 0.5) is 19.0 Å². The molecule has 2 saturated heterocycles. The van der Waals surface area contributed by atoms with Crippen molar-refractivity contribution in [1.29, 1.82) is 0 Å². The summed E-state index contributed by atoms with van der Waals surface area (Å²) in [5.74, 6) is 1.12. The number of rotatable bonds is 2. The quantitative estimate of drug-likeness (QED) is 0.828. The smallest absolute Gasteiger partial charge is 0.391 e. The Labute approximate surface area is 164 Å². The van der Waals surface area contributed by atoms with Gasteiger partial charge in [0, 0.05) is 51.0 Å². The van der Waals surface area contributed by atoms with Crippen molar-refractivity contribution < 1.29 is 18.3 Å². The highest BCUT2D eigenvalue weighted by molar-refractivity contribution is 5.45. The van der Waals surface area contributed by atoms with Crippen molar-refractivity contribution >= 4 is 5.82 Å². The molecule has 5 nitrogen and oxygen atoms in total. The lowest BCUT2D eigenvalue weighted by Gasteiger charge is -2.44. The molecule has 0 amide bonds. The van der Waals surface area contributed by atoms with E-state index in [0.29, 0.717) is 29.9 Å². The molecule has 1 aromatic heterocycles. The second kappa shape index (κ2) is 7.46. The van der Waals surface area contributed by atoms with E-state index in [1.54, 1.807) is 6.92 Å². The number of piperazine rings is 1. The number of likely N-dealkylation sites (N-methyl/N-ethyl adjacent to an activating group) is 1. The third-order valence-corrected chi connectivity index (χ3v) is 6.71. The second-order valence-corrected chi connectivity index (χ2v) is 8.72. The Morgan fingerprint density at radius 3 is 2.32 bits per heavy atom. The van der Waals surface area contributed by atoms with Crippen LogP contribution in [-0.4, -0.2) is 78.4 Å². The van der Waals surface area contributed by atoms with Crippen LogP contribution in [0.5, 0.6) is 0 Å². The van der Waals surface area contributed by atoms with Gasteiger partial charge in [-0.25, -0.2) is 4.98 Å². The Balaban J connectivity index is 1.47. The SMILES string of the molecule is Cc1cc(C(F)(F)F)cc(N2C[C@H]3C[C@@H](N4CCN(C)CC4)[C@H](O)C[C@H]3C2)n1. The molecule has 1 aliphatic carbocycles. The lowest BCUT2D eigenvalue weighted by atomic mass is 9.77. The van der Waals surface area contributed by atoms with Gasteiger partial charge in [0.1, 0.15) is 5.82 Å². The number of nitrogens with zero attached hydrogens (tertiary/aromatic N) is 4. The van der Waals surface area contributed by atoms with Gasteiger partial charge in [0.15, 0.2) is 0 Å². The van der Waals surface area contributed by atoms with Crippen molar-refractivity contribution in [3.05, 3.63) is 23.4 Å². The number of fused-ring (bicyclic) bond motifs is 1. The van der Waals surface area contributed by atoms with Crippen molar-refractivity contribution in [2.75, 3.05) is 51.2 Å². The zero-order valence-electron chi connectivity index (χ0n) is 16.5. The maximum Gasteiger partial charge on any atom is 0.416 e. The van der Waals surface area contributed by atoms with Crippen molar-refractivity contribution in [2.45, 2.75) is 38.1 Å². The highest BCUT2D eigenvalue weighted by Gasteiger charge is 2.44. The van der Waals surface area contributed by atoms with E-state index in [1.807, 2.05) is 4.90 Å². The molecule has 8 heteroatoms. The minimum absolute atomic E-state index is 0.158. The van der Waals surface area contributed by atoms with E-state index in [4.69, 9.17) is 0 Å². The lowest BCUT2D eigenvalue weighted by Crippen LogP contribution is -2.55. The molecule has 1 aromatic rings. The van der Waals surface area contributed by atoms with E-state index in [1.165, 1.54) is 6.07 Å². The Kier molecular flexibility index (Phi) is 5.31. The summed E-state index contributed by atoms with van der Waals surface area (Å²) in [6.07, 6.45) is -3.10. The van der Waals surface area contributed by atoms with Gasteiger partial charge in [0.25, 0.3) is 0 Å². The van der Waals surface area contributed by atoms with Crippen LogP contribution in [-0.2, 0) is 6.18 Å². The minimum atomic E-state index is -4.36. The number of aliphatic hydroxyl groups is 1. The van der Waals surface area contributed by atoms with E-state index in [-0.39, 0.29) is 12.1 Å². The first-order valence-electron chi connectivity index (χ1n) is 10.1. The molecule has 4 rings (SSSR count). The molecule has 0 spiro atoms. The van der Waals surface area contributed by atoms with Crippen molar-refractivity contribution in [2.24, 2.45) is 11.8 Å². The van der Waals surface area contributed by atoms with Gasteiger partial charge in [-0.15, -0.1) is 0 Å². The third-order valence-electron chi connectivity index (χ3n) is 6.71. The number of aryl methyl sites for hydroxylation is 1. The molecule has 1 saturated carbocycles. The summed E-state index contributed by atoms with van der Waals surface area (Å²) in [6.45, 7) is 6.95. The number of hydrogen-bond acceptors (Lipinski definition) is 5. The normalized spacial score (nSPS) is 32.6. The average Bonchev–Trinajstić information content (AvgIpc) is 3.03. The van der Waals surface area contributed by atoms with Gasteiger partial charge in [0.2, 0.25) is 0 Å². The summed E-state index contributed by atoms with van der Waals surface area (Å²) >= 11 is 0. The third kappa shape index (κ3) is 4.00. The Morgan fingerprint density at radius 2 is 1.68 bits per heavy atom. The Hall–Kier alpha value is -1.38. The molecule has 28 heavy (non-hydrogen) atoms. The minimum Gasteiger partial charge on any atom is -0.391 e. The number of pyridine rings is 1. The molecule has 0 bridgehead atoms. The van der Waals surface area contributed by atoms with Crippen LogP contribution in [0.15, 0.2) is 12.1 Å². The number of anilines is 1. The van der Waals surface area contributed by atoms with Gasteiger partial charge in [0.05, 0.1) is 11.7 Å². The zero-order valence-corrected chi connectivity index (χ0v) is 16.5. The molecule has 156 valence electrons. The first-order chi connectivity index (χ1) is 13.2. The number of aliphatic hydroxyl groups excluding tert-OH is 1. The van der Waals surface area contributed by atoms with Crippen LogP contribution in [0.1, 0.15) is 24.1 Å². The fourth-order valence-corrected chi connectivity index (χ4v) is 5.12. The number of halogens is 3. The van der Waals surface area contributed by atoms with Gasteiger partial charge in [-0.3, -0.25) is 4.90 Å². The predicted octanol–water partition coefficient (Wildman–Crippen LogP) is 2.23.